The number of benzene rings is 1. The molecule has 0 saturated carbocycles. The van der Waals surface area contributed by atoms with Crippen molar-refractivity contribution in [3.05, 3.63) is 29.8 Å². The van der Waals surface area contributed by atoms with Crippen LogP contribution < -0.4 is 10.2 Å². The van der Waals surface area contributed by atoms with Gasteiger partial charge in [0.2, 0.25) is 5.91 Å². The summed E-state index contributed by atoms with van der Waals surface area (Å²) in [5, 5.41) is 2.80. The van der Waals surface area contributed by atoms with Crippen LogP contribution in [0.3, 0.4) is 0 Å². The van der Waals surface area contributed by atoms with Gasteiger partial charge in [-0.3, -0.25) is 4.79 Å². The van der Waals surface area contributed by atoms with Gasteiger partial charge in [-0.1, -0.05) is 12.1 Å². The SMILES string of the molecule is CCNC(=O)Cc1ccc(N(CC)CC)cc1. The van der Waals surface area contributed by atoms with E-state index in [0.717, 1.165) is 18.7 Å². The fourth-order valence-electron chi connectivity index (χ4n) is 1.86. The van der Waals surface area contributed by atoms with Gasteiger partial charge in [0.25, 0.3) is 0 Å². The molecule has 0 aliphatic heterocycles. The highest BCUT2D eigenvalue weighted by Gasteiger charge is 2.04. The number of likely N-dealkylation sites (N-methyl/N-ethyl adjacent to an activating group) is 1. The molecule has 0 spiro atoms. The summed E-state index contributed by atoms with van der Waals surface area (Å²) in [7, 11) is 0. The van der Waals surface area contributed by atoms with Gasteiger partial charge in [-0.05, 0) is 38.5 Å². The van der Waals surface area contributed by atoms with Gasteiger partial charge >= 0.3 is 0 Å². The summed E-state index contributed by atoms with van der Waals surface area (Å²) in [5.74, 6) is 0.0862. The highest BCUT2D eigenvalue weighted by molar-refractivity contribution is 5.78. The van der Waals surface area contributed by atoms with Crippen LogP contribution in [0.2, 0.25) is 0 Å². The molecular weight excluding hydrogens is 212 g/mol. The van der Waals surface area contributed by atoms with E-state index in [9.17, 15) is 4.79 Å². The molecule has 0 saturated heterocycles. The molecule has 0 radical (unpaired) electrons. The number of nitrogens with one attached hydrogen (secondary N) is 1. The highest BCUT2D eigenvalue weighted by atomic mass is 16.1. The van der Waals surface area contributed by atoms with Gasteiger partial charge in [-0.2, -0.15) is 0 Å². The molecule has 3 nitrogen and oxygen atoms in total. The molecule has 1 N–H and O–H groups in total. The molecule has 0 aliphatic rings. The van der Waals surface area contributed by atoms with Crippen molar-refractivity contribution in [3.63, 3.8) is 0 Å². The number of hydrogen-bond donors (Lipinski definition) is 1. The van der Waals surface area contributed by atoms with E-state index in [1.807, 2.05) is 19.1 Å². The Morgan fingerprint density at radius 3 is 2.18 bits per heavy atom. The van der Waals surface area contributed by atoms with Gasteiger partial charge in [-0.15, -0.1) is 0 Å². The van der Waals surface area contributed by atoms with Crippen molar-refractivity contribution in [1.82, 2.24) is 5.32 Å². The van der Waals surface area contributed by atoms with E-state index < -0.39 is 0 Å². The molecule has 17 heavy (non-hydrogen) atoms. The first kappa shape index (κ1) is 13.6. The second-order valence-electron chi connectivity index (χ2n) is 3.97. The van der Waals surface area contributed by atoms with Gasteiger partial charge in [0, 0.05) is 25.3 Å². The van der Waals surface area contributed by atoms with E-state index in [-0.39, 0.29) is 5.91 Å². The van der Waals surface area contributed by atoms with Crippen molar-refractivity contribution in [2.24, 2.45) is 0 Å². The molecule has 1 rings (SSSR count). The van der Waals surface area contributed by atoms with E-state index in [2.05, 4.69) is 36.2 Å². The fraction of sp³-hybridized carbons (Fsp3) is 0.500. The van der Waals surface area contributed by atoms with E-state index in [1.54, 1.807) is 0 Å². The third kappa shape index (κ3) is 4.10. The third-order valence-electron chi connectivity index (χ3n) is 2.80. The maximum absolute atomic E-state index is 11.4. The lowest BCUT2D eigenvalue weighted by atomic mass is 10.1. The van der Waals surface area contributed by atoms with Crippen LogP contribution in [-0.4, -0.2) is 25.5 Å². The first-order valence-corrected chi connectivity index (χ1v) is 6.31. The van der Waals surface area contributed by atoms with Crippen molar-refractivity contribution < 1.29 is 4.79 Å². The largest absolute Gasteiger partial charge is 0.372 e. The Morgan fingerprint density at radius 2 is 1.71 bits per heavy atom. The normalized spacial score (nSPS) is 10.1. The molecule has 1 amide bonds. The van der Waals surface area contributed by atoms with Crippen LogP contribution in [-0.2, 0) is 11.2 Å². The zero-order chi connectivity index (χ0) is 12.7. The second-order valence-corrected chi connectivity index (χ2v) is 3.97. The first-order chi connectivity index (χ1) is 8.21. The van der Waals surface area contributed by atoms with Crippen molar-refractivity contribution in [2.75, 3.05) is 24.5 Å². The summed E-state index contributed by atoms with van der Waals surface area (Å²) in [6, 6.07) is 8.23. The van der Waals surface area contributed by atoms with Crippen LogP contribution in [0.25, 0.3) is 0 Å². The number of carbonyl (C=O) groups is 1. The molecular formula is C14H22N2O. The van der Waals surface area contributed by atoms with Crippen molar-refractivity contribution in [3.8, 4) is 0 Å². The van der Waals surface area contributed by atoms with Crippen LogP contribution in [0.1, 0.15) is 26.3 Å². The van der Waals surface area contributed by atoms with Crippen LogP contribution >= 0.6 is 0 Å². The Hall–Kier alpha value is -1.51. The van der Waals surface area contributed by atoms with Gasteiger partial charge < -0.3 is 10.2 Å². The maximum atomic E-state index is 11.4. The molecule has 1 aromatic carbocycles. The molecule has 94 valence electrons. The predicted octanol–water partition coefficient (Wildman–Crippen LogP) is 2.21. The van der Waals surface area contributed by atoms with E-state index >= 15 is 0 Å². The Balaban J connectivity index is 2.64. The van der Waals surface area contributed by atoms with Crippen LogP contribution in [0, 0.1) is 0 Å². The lowest BCUT2D eigenvalue weighted by molar-refractivity contribution is -0.120. The molecule has 0 aliphatic carbocycles. The van der Waals surface area contributed by atoms with Crippen molar-refractivity contribution in [2.45, 2.75) is 27.2 Å². The van der Waals surface area contributed by atoms with E-state index in [1.165, 1.54) is 5.69 Å². The molecule has 3 heteroatoms. The smallest absolute Gasteiger partial charge is 0.224 e. The number of hydrogen-bond acceptors (Lipinski definition) is 2. The number of nitrogens with zero attached hydrogens (tertiary/aromatic N) is 1. The predicted molar refractivity (Wildman–Crippen MR) is 72.4 cm³/mol. The minimum Gasteiger partial charge on any atom is -0.372 e. The van der Waals surface area contributed by atoms with Gasteiger partial charge in [-0.25, -0.2) is 0 Å². The van der Waals surface area contributed by atoms with Crippen molar-refractivity contribution in [1.29, 1.82) is 0 Å². The number of amides is 1. The Morgan fingerprint density at radius 1 is 1.12 bits per heavy atom. The number of carbonyl (C=O) groups excluding carboxylic acids is 1. The Labute approximate surface area is 104 Å². The summed E-state index contributed by atoms with van der Waals surface area (Å²) >= 11 is 0. The Bertz CT molecular complexity index is 342. The second kappa shape index (κ2) is 6.94. The summed E-state index contributed by atoms with van der Waals surface area (Å²) in [4.78, 5) is 13.7. The topological polar surface area (TPSA) is 32.3 Å². The zero-order valence-corrected chi connectivity index (χ0v) is 11.0. The van der Waals surface area contributed by atoms with Crippen LogP contribution in [0.4, 0.5) is 5.69 Å². The third-order valence-corrected chi connectivity index (χ3v) is 2.80. The molecule has 1 aromatic rings. The molecule has 0 fully saturated rings. The molecule has 0 unspecified atom stereocenters. The zero-order valence-electron chi connectivity index (χ0n) is 11.0. The highest BCUT2D eigenvalue weighted by Crippen LogP contribution is 2.15. The summed E-state index contributed by atoms with van der Waals surface area (Å²) in [6.07, 6.45) is 0.465. The van der Waals surface area contributed by atoms with E-state index in [0.29, 0.717) is 13.0 Å². The van der Waals surface area contributed by atoms with Crippen LogP contribution in [0.15, 0.2) is 24.3 Å². The fourth-order valence-corrected chi connectivity index (χ4v) is 1.86. The van der Waals surface area contributed by atoms with Crippen LogP contribution in [0.5, 0.6) is 0 Å². The summed E-state index contributed by atoms with van der Waals surface area (Å²) in [6.45, 7) is 8.92. The number of rotatable bonds is 6. The minimum absolute atomic E-state index is 0.0862. The molecule has 0 atom stereocenters. The van der Waals surface area contributed by atoms with Gasteiger partial charge in [0.15, 0.2) is 0 Å². The average molecular weight is 234 g/mol. The lowest BCUT2D eigenvalue weighted by Gasteiger charge is -2.21. The summed E-state index contributed by atoms with van der Waals surface area (Å²) in [5.41, 5.74) is 2.28. The maximum Gasteiger partial charge on any atom is 0.224 e. The monoisotopic (exact) mass is 234 g/mol. The van der Waals surface area contributed by atoms with Gasteiger partial charge in [0.1, 0.15) is 0 Å². The quantitative estimate of drug-likeness (QED) is 0.818. The van der Waals surface area contributed by atoms with E-state index in [4.69, 9.17) is 0 Å². The first-order valence-electron chi connectivity index (χ1n) is 6.31. The van der Waals surface area contributed by atoms with Gasteiger partial charge in [0.05, 0.1) is 6.42 Å². The summed E-state index contributed by atoms with van der Waals surface area (Å²) < 4.78 is 0. The average Bonchev–Trinajstić information content (AvgIpc) is 2.33. The lowest BCUT2D eigenvalue weighted by Crippen LogP contribution is -2.24. The molecule has 0 aromatic heterocycles. The van der Waals surface area contributed by atoms with Crippen molar-refractivity contribution >= 4 is 11.6 Å². The Kier molecular flexibility index (Phi) is 5.53. The molecule has 0 bridgehead atoms. The standard InChI is InChI=1S/C14H22N2O/c1-4-15-14(17)11-12-7-9-13(10-8-12)16(5-2)6-3/h7-10H,4-6,11H2,1-3H3,(H,15,17). The number of anilines is 1. The minimum atomic E-state index is 0.0862. The molecule has 0 heterocycles.